The third-order valence-corrected chi connectivity index (χ3v) is 4.01. The van der Waals surface area contributed by atoms with Crippen molar-refractivity contribution in [1.29, 1.82) is 0 Å². The molecule has 88 valence electrons. The number of hydrogen-bond donors (Lipinski definition) is 1. The summed E-state index contributed by atoms with van der Waals surface area (Å²) in [7, 11) is 1.45. The molecule has 2 N–H and O–H groups in total. The topological polar surface area (TPSA) is 52.3 Å². The van der Waals surface area contributed by atoms with Crippen LogP contribution in [0.2, 0.25) is 0 Å². The first-order valence-corrected chi connectivity index (χ1v) is 5.86. The lowest BCUT2D eigenvalue weighted by Gasteiger charge is -2.32. The summed E-state index contributed by atoms with van der Waals surface area (Å²) in [5, 5.41) is 0. The summed E-state index contributed by atoms with van der Waals surface area (Å²) in [5.41, 5.74) is 6.04. The molecule has 1 fully saturated rings. The predicted octanol–water partition coefficient (Wildman–Crippen LogP) is 2.09. The number of carbonyl (C=O) groups excluding carboxylic acids is 1. The molecule has 15 heavy (non-hydrogen) atoms. The molecule has 1 saturated carbocycles. The summed E-state index contributed by atoms with van der Waals surface area (Å²) >= 11 is 0. The Morgan fingerprint density at radius 1 is 1.67 bits per heavy atom. The molecule has 1 rings (SSSR count). The van der Waals surface area contributed by atoms with Crippen LogP contribution in [0.1, 0.15) is 46.0 Å². The number of methoxy groups -OCH3 is 1. The molecule has 0 aromatic rings. The van der Waals surface area contributed by atoms with Crippen LogP contribution >= 0.6 is 0 Å². The second-order valence-electron chi connectivity index (χ2n) is 4.92. The fraction of sp³-hybridized carbons (Fsp3) is 0.917. The minimum atomic E-state index is -0.121. The Labute approximate surface area is 92.4 Å². The zero-order chi connectivity index (χ0) is 11.5. The molecule has 3 nitrogen and oxygen atoms in total. The van der Waals surface area contributed by atoms with Crippen LogP contribution < -0.4 is 5.73 Å². The summed E-state index contributed by atoms with van der Waals surface area (Å²) in [5.74, 6) is 0.615. The van der Waals surface area contributed by atoms with Crippen LogP contribution in [0.4, 0.5) is 0 Å². The van der Waals surface area contributed by atoms with Gasteiger partial charge in [-0.25, -0.2) is 0 Å². The van der Waals surface area contributed by atoms with Crippen molar-refractivity contribution in [3.63, 3.8) is 0 Å². The molecule has 3 heteroatoms. The SMILES string of the molecule is CCC1CCC(CC(=O)OC)(C(C)N)C1. The summed E-state index contributed by atoms with van der Waals surface area (Å²) in [6.07, 6.45) is 5.02. The highest BCUT2D eigenvalue weighted by Crippen LogP contribution is 2.47. The van der Waals surface area contributed by atoms with Gasteiger partial charge in [0.15, 0.2) is 0 Å². The molecule has 1 aliphatic rings. The molecule has 1 aliphatic carbocycles. The van der Waals surface area contributed by atoms with Crippen molar-refractivity contribution in [2.45, 2.75) is 52.0 Å². The monoisotopic (exact) mass is 213 g/mol. The van der Waals surface area contributed by atoms with Gasteiger partial charge in [0, 0.05) is 6.04 Å². The Morgan fingerprint density at radius 3 is 2.73 bits per heavy atom. The molecule has 0 aromatic heterocycles. The molecular weight excluding hydrogens is 190 g/mol. The Kier molecular flexibility index (Phi) is 4.14. The minimum absolute atomic E-state index is 0.00618. The van der Waals surface area contributed by atoms with Crippen LogP contribution in [0.5, 0.6) is 0 Å². The lowest BCUT2D eigenvalue weighted by atomic mass is 9.76. The van der Waals surface area contributed by atoms with Gasteiger partial charge in [-0.1, -0.05) is 13.3 Å². The first-order valence-electron chi connectivity index (χ1n) is 5.86. The van der Waals surface area contributed by atoms with E-state index in [4.69, 9.17) is 10.5 Å². The number of carbonyl (C=O) groups is 1. The summed E-state index contributed by atoms with van der Waals surface area (Å²) < 4.78 is 4.76. The van der Waals surface area contributed by atoms with E-state index < -0.39 is 0 Å². The largest absolute Gasteiger partial charge is 0.469 e. The average Bonchev–Trinajstić information content (AvgIpc) is 2.62. The van der Waals surface area contributed by atoms with Gasteiger partial charge in [0.05, 0.1) is 13.5 Å². The van der Waals surface area contributed by atoms with Crippen molar-refractivity contribution in [1.82, 2.24) is 0 Å². The van der Waals surface area contributed by atoms with Gasteiger partial charge in [0.25, 0.3) is 0 Å². The van der Waals surface area contributed by atoms with Crippen molar-refractivity contribution >= 4 is 5.97 Å². The molecule has 0 saturated heterocycles. The smallest absolute Gasteiger partial charge is 0.306 e. The van der Waals surface area contributed by atoms with Crippen LogP contribution in [-0.4, -0.2) is 19.1 Å². The van der Waals surface area contributed by atoms with E-state index in [1.165, 1.54) is 20.0 Å². The number of nitrogens with two attached hydrogens (primary N) is 1. The van der Waals surface area contributed by atoms with Crippen molar-refractivity contribution < 1.29 is 9.53 Å². The van der Waals surface area contributed by atoms with Crippen molar-refractivity contribution in [2.75, 3.05) is 7.11 Å². The Hall–Kier alpha value is -0.570. The fourth-order valence-corrected chi connectivity index (χ4v) is 2.71. The normalized spacial score (nSPS) is 32.7. The van der Waals surface area contributed by atoms with Crippen LogP contribution in [0, 0.1) is 11.3 Å². The lowest BCUT2D eigenvalue weighted by molar-refractivity contribution is -0.143. The number of esters is 1. The summed E-state index contributed by atoms with van der Waals surface area (Å²) in [6.45, 7) is 4.22. The molecule has 0 bridgehead atoms. The third-order valence-electron chi connectivity index (χ3n) is 4.01. The molecule has 0 aliphatic heterocycles. The van der Waals surface area contributed by atoms with Gasteiger partial charge in [-0.05, 0) is 37.5 Å². The zero-order valence-electron chi connectivity index (χ0n) is 10.1. The molecule has 0 radical (unpaired) electrons. The molecule has 0 aromatic carbocycles. The summed E-state index contributed by atoms with van der Waals surface area (Å²) in [6, 6.07) is 0.0770. The molecule has 3 unspecified atom stereocenters. The van der Waals surface area contributed by atoms with E-state index in [-0.39, 0.29) is 17.4 Å². The van der Waals surface area contributed by atoms with Gasteiger partial charge in [0.2, 0.25) is 0 Å². The maximum Gasteiger partial charge on any atom is 0.306 e. The number of hydrogen-bond acceptors (Lipinski definition) is 3. The van der Waals surface area contributed by atoms with E-state index in [1.807, 2.05) is 6.92 Å². The van der Waals surface area contributed by atoms with Crippen molar-refractivity contribution in [3.8, 4) is 0 Å². The van der Waals surface area contributed by atoms with E-state index in [0.29, 0.717) is 6.42 Å². The predicted molar refractivity (Wildman–Crippen MR) is 60.3 cm³/mol. The van der Waals surface area contributed by atoms with E-state index in [0.717, 1.165) is 18.8 Å². The van der Waals surface area contributed by atoms with Gasteiger partial charge in [-0.2, -0.15) is 0 Å². The molecule has 3 atom stereocenters. The summed E-state index contributed by atoms with van der Waals surface area (Å²) in [4.78, 5) is 11.4. The van der Waals surface area contributed by atoms with Crippen molar-refractivity contribution in [3.05, 3.63) is 0 Å². The Morgan fingerprint density at radius 2 is 2.33 bits per heavy atom. The van der Waals surface area contributed by atoms with E-state index >= 15 is 0 Å². The van der Waals surface area contributed by atoms with Crippen molar-refractivity contribution in [2.24, 2.45) is 17.1 Å². The van der Waals surface area contributed by atoms with Crippen LogP contribution in [-0.2, 0) is 9.53 Å². The molecular formula is C12H23NO2. The van der Waals surface area contributed by atoms with Gasteiger partial charge in [-0.3, -0.25) is 4.79 Å². The first kappa shape index (κ1) is 12.5. The fourth-order valence-electron chi connectivity index (χ4n) is 2.71. The quantitative estimate of drug-likeness (QED) is 0.727. The van der Waals surface area contributed by atoms with Gasteiger partial charge in [0.1, 0.15) is 0 Å². The van der Waals surface area contributed by atoms with Crippen LogP contribution in [0.3, 0.4) is 0 Å². The molecule has 0 spiro atoms. The second kappa shape index (κ2) is 4.97. The van der Waals surface area contributed by atoms with Gasteiger partial charge >= 0.3 is 5.97 Å². The Bertz CT molecular complexity index is 228. The lowest BCUT2D eigenvalue weighted by Crippen LogP contribution is -2.39. The minimum Gasteiger partial charge on any atom is -0.469 e. The Balaban J connectivity index is 2.68. The first-order chi connectivity index (χ1) is 7.04. The zero-order valence-corrected chi connectivity index (χ0v) is 10.1. The standard InChI is InChI=1S/C12H23NO2/c1-4-10-5-6-12(7-10,9(2)13)8-11(14)15-3/h9-10H,4-8,13H2,1-3H3. The molecule has 0 heterocycles. The highest BCUT2D eigenvalue weighted by molar-refractivity contribution is 5.70. The van der Waals surface area contributed by atoms with Crippen LogP contribution in [0.15, 0.2) is 0 Å². The maximum atomic E-state index is 11.4. The van der Waals surface area contributed by atoms with Crippen LogP contribution in [0.25, 0.3) is 0 Å². The maximum absolute atomic E-state index is 11.4. The van der Waals surface area contributed by atoms with E-state index in [9.17, 15) is 4.79 Å². The highest BCUT2D eigenvalue weighted by atomic mass is 16.5. The van der Waals surface area contributed by atoms with E-state index in [1.54, 1.807) is 0 Å². The second-order valence-corrected chi connectivity index (χ2v) is 4.92. The van der Waals surface area contributed by atoms with E-state index in [2.05, 4.69) is 6.92 Å². The highest BCUT2D eigenvalue weighted by Gasteiger charge is 2.43. The number of rotatable bonds is 4. The number of ether oxygens (including phenoxy) is 1. The third kappa shape index (κ3) is 2.71. The van der Waals surface area contributed by atoms with Gasteiger partial charge in [-0.15, -0.1) is 0 Å². The van der Waals surface area contributed by atoms with Gasteiger partial charge < -0.3 is 10.5 Å². The average molecular weight is 213 g/mol. The molecule has 0 amide bonds.